The van der Waals surface area contributed by atoms with Crippen molar-refractivity contribution in [2.24, 2.45) is 5.84 Å². The fourth-order valence-corrected chi connectivity index (χ4v) is 5.31. The number of carbonyl (C=O) groups excluding carboxylic acids is 1. The lowest BCUT2D eigenvalue weighted by Gasteiger charge is -2.31. The molecule has 0 bridgehead atoms. The lowest BCUT2D eigenvalue weighted by atomic mass is 10.1. The van der Waals surface area contributed by atoms with Gasteiger partial charge in [0.05, 0.1) is 19.8 Å². The normalized spacial score (nSPS) is 16.2. The molecule has 0 radical (unpaired) electrons. The van der Waals surface area contributed by atoms with Crippen LogP contribution >= 0.6 is 8.53 Å². The van der Waals surface area contributed by atoms with Crippen molar-refractivity contribution in [1.82, 2.24) is 15.1 Å². The predicted octanol–water partition coefficient (Wildman–Crippen LogP) is 2.50. The van der Waals surface area contributed by atoms with Gasteiger partial charge in [-0.25, -0.2) is 10.9 Å². The zero-order chi connectivity index (χ0) is 28.7. The van der Waals surface area contributed by atoms with E-state index in [1.54, 1.807) is 7.11 Å². The number of hydrazine groups is 1. The largest absolute Gasteiger partial charge is 0.468 e. The van der Waals surface area contributed by atoms with E-state index in [-0.39, 0.29) is 30.7 Å². The molecule has 0 amide bonds. The lowest BCUT2D eigenvalue weighted by Crippen LogP contribution is -2.39. The van der Waals surface area contributed by atoms with E-state index in [9.17, 15) is 4.79 Å². The number of ether oxygens (including phenoxy) is 2. The Hall–Kier alpha value is -2.96. The number of anilines is 4. The highest BCUT2D eigenvalue weighted by atomic mass is 31.2. The average Bonchev–Trinajstić information content (AvgIpc) is 3.72. The Morgan fingerprint density at radius 3 is 2.38 bits per heavy atom. The molecule has 0 spiro atoms. The summed E-state index contributed by atoms with van der Waals surface area (Å²) < 4.78 is 23.0. The van der Waals surface area contributed by atoms with E-state index < -0.39 is 14.1 Å². The number of hydrogen-bond acceptors (Lipinski definition) is 13. The summed E-state index contributed by atoms with van der Waals surface area (Å²) in [7, 11) is 3.19. The Bertz CT molecular complexity index is 1100. The van der Waals surface area contributed by atoms with Crippen molar-refractivity contribution in [1.29, 1.82) is 0 Å². The Balaban J connectivity index is 1.69. The molecule has 0 aliphatic heterocycles. The molecule has 3 atom stereocenters. The molecule has 7 N–H and O–H groups in total. The first-order valence-corrected chi connectivity index (χ1v) is 14.0. The molecule has 2 aromatic rings. The minimum absolute atomic E-state index is 0.0714. The van der Waals surface area contributed by atoms with Crippen molar-refractivity contribution in [2.75, 3.05) is 55.8 Å². The van der Waals surface area contributed by atoms with Gasteiger partial charge >= 0.3 is 14.5 Å². The summed E-state index contributed by atoms with van der Waals surface area (Å²) in [6.45, 7) is 6.62. The monoisotopic (exact) mass is 564 g/mol. The summed E-state index contributed by atoms with van der Waals surface area (Å²) in [4.78, 5) is 22.8. The fourth-order valence-electron chi connectivity index (χ4n) is 3.86. The average molecular weight is 565 g/mol. The van der Waals surface area contributed by atoms with Gasteiger partial charge in [0, 0.05) is 26.7 Å². The van der Waals surface area contributed by atoms with Crippen LogP contribution in [0.15, 0.2) is 24.3 Å². The molecular weight excluding hydrogens is 523 g/mol. The zero-order valence-electron chi connectivity index (χ0n) is 23.5. The van der Waals surface area contributed by atoms with Crippen LogP contribution in [-0.4, -0.2) is 68.0 Å². The molecule has 1 fully saturated rings. The van der Waals surface area contributed by atoms with Crippen LogP contribution in [0.2, 0.25) is 0 Å². The minimum Gasteiger partial charge on any atom is -0.468 e. The van der Waals surface area contributed by atoms with Crippen LogP contribution in [0.4, 0.5) is 23.3 Å². The Morgan fingerprint density at radius 2 is 1.82 bits per heavy atom. The van der Waals surface area contributed by atoms with E-state index >= 15 is 0 Å². The first-order chi connectivity index (χ1) is 18.5. The Kier molecular flexibility index (Phi) is 10.5. The second kappa shape index (κ2) is 13.4. The molecule has 1 saturated carbocycles. The summed E-state index contributed by atoms with van der Waals surface area (Å²) in [5.74, 6) is 7.26. The lowest BCUT2D eigenvalue weighted by molar-refractivity contribution is -0.143. The molecule has 1 aliphatic rings. The van der Waals surface area contributed by atoms with Crippen LogP contribution in [0.1, 0.15) is 38.7 Å². The van der Waals surface area contributed by atoms with Crippen LogP contribution in [0, 0.1) is 6.92 Å². The number of methoxy groups -OCH3 is 2. The molecule has 1 aromatic heterocycles. The van der Waals surface area contributed by atoms with Gasteiger partial charge in [-0.3, -0.25) is 9.80 Å². The second-order valence-electron chi connectivity index (χ2n) is 9.62. The molecule has 1 aliphatic carbocycles. The van der Waals surface area contributed by atoms with Crippen molar-refractivity contribution < 1.29 is 23.3 Å². The maximum absolute atomic E-state index is 12.4. The topological polar surface area (TPSA) is 176 Å². The van der Waals surface area contributed by atoms with E-state index in [0.717, 1.165) is 5.56 Å². The Labute approximate surface area is 231 Å². The summed E-state index contributed by atoms with van der Waals surface area (Å²) in [5.41, 5.74) is 12.9. The highest BCUT2D eigenvalue weighted by Crippen LogP contribution is 2.47. The number of rotatable bonds is 15. The SMILES string of the molecule is CCN(N)c1nc(N)nc(N(C)C(C)CC(COP(NC2(C(=O)OC)CC2)Oc2ccc(C)cc2)OC)c1N. The molecule has 1 heterocycles. The number of hydrogen-bond donors (Lipinski definition) is 4. The van der Waals surface area contributed by atoms with Crippen LogP contribution in [0.25, 0.3) is 0 Å². The standard InChI is InChI=1S/C25H41N8O5P/c1-7-33(28)22-20(26)21(29-24(27)30-22)32(4)17(3)14-19(35-5)15-37-39(31-25(12-13-25)23(34)36-6)38-18-10-8-16(2)9-11-18/h8-11,17,19,31H,7,12-15,26,28H2,1-6H3,(H2,27,29,30). The molecule has 1 aromatic carbocycles. The third-order valence-electron chi connectivity index (χ3n) is 6.69. The van der Waals surface area contributed by atoms with Crippen molar-refractivity contribution in [2.45, 2.75) is 57.7 Å². The number of benzene rings is 1. The van der Waals surface area contributed by atoms with Gasteiger partial charge < -0.3 is 34.9 Å². The molecule has 0 saturated heterocycles. The number of aryl methyl sites for hydroxylation is 1. The van der Waals surface area contributed by atoms with Gasteiger partial charge in [-0.05, 0) is 52.2 Å². The van der Waals surface area contributed by atoms with Gasteiger partial charge in [0.25, 0.3) is 0 Å². The van der Waals surface area contributed by atoms with Crippen LogP contribution in [0.3, 0.4) is 0 Å². The smallest absolute Gasteiger partial charge is 0.326 e. The van der Waals surface area contributed by atoms with Gasteiger partial charge in [-0.2, -0.15) is 9.97 Å². The van der Waals surface area contributed by atoms with Gasteiger partial charge in [0.1, 0.15) is 17.0 Å². The van der Waals surface area contributed by atoms with Crippen molar-refractivity contribution >= 4 is 37.8 Å². The van der Waals surface area contributed by atoms with Crippen LogP contribution in [0.5, 0.6) is 5.75 Å². The number of nitrogens with two attached hydrogens (primary N) is 3. The van der Waals surface area contributed by atoms with E-state index in [4.69, 9.17) is 35.8 Å². The number of esters is 1. The molecule has 3 rings (SSSR count). The number of nitrogens with one attached hydrogen (secondary N) is 1. The van der Waals surface area contributed by atoms with Crippen molar-refractivity contribution in [3.8, 4) is 5.75 Å². The van der Waals surface area contributed by atoms with Crippen LogP contribution in [-0.2, 0) is 18.8 Å². The van der Waals surface area contributed by atoms with E-state index in [1.165, 1.54) is 12.1 Å². The predicted molar refractivity (Wildman–Crippen MR) is 153 cm³/mol. The Morgan fingerprint density at radius 1 is 1.18 bits per heavy atom. The summed E-state index contributed by atoms with van der Waals surface area (Å²) >= 11 is 0. The van der Waals surface area contributed by atoms with E-state index in [2.05, 4.69) is 15.1 Å². The summed E-state index contributed by atoms with van der Waals surface area (Å²) in [6, 6.07) is 7.56. The van der Waals surface area contributed by atoms with Gasteiger partial charge in [0.2, 0.25) is 5.95 Å². The van der Waals surface area contributed by atoms with Gasteiger partial charge in [-0.1, -0.05) is 17.7 Å². The first-order valence-electron chi connectivity index (χ1n) is 12.8. The fraction of sp³-hybridized carbons (Fsp3) is 0.560. The third kappa shape index (κ3) is 7.80. The van der Waals surface area contributed by atoms with E-state index in [1.807, 2.05) is 57.0 Å². The van der Waals surface area contributed by atoms with Crippen LogP contribution < -0.4 is 36.8 Å². The molecule has 39 heavy (non-hydrogen) atoms. The molecule has 216 valence electrons. The highest BCUT2D eigenvalue weighted by Gasteiger charge is 2.53. The maximum atomic E-state index is 12.4. The number of aromatic nitrogens is 2. The van der Waals surface area contributed by atoms with Crippen molar-refractivity contribution in [3.63, 3.8) is 0 Å². The second-order valence-corrected chi connectivity index (χ2v) is 10.8. The summed E-state index contributed by atoms with van der Waals surface area (Å²) in [6.07, 6.45) is 1.57. The summed E-state index contributed by atoms with van der Waals surface area (Å²) in [5, 5.41) is 4.67. The number of carbonyl (C=O) groups is 1. The van der Waals surface area contributed by atoms with Gasteiger partial charge in [0.15, 0.2) is 11.6 Å². The highest BCUT2D eigenvalue weighted by molar-refractivity contribution is 7.45. The molecule has 3 unspecified atom stereocenters. The maximum Gasteiger partial charge on any atom is 0.326 e. The van der Waals surface area contributed by atoms with Crippen molar-refractivity contribution in [3.05, 3.63) is 29.8 Å². The van der Waals surface area contributed by atoms with E-state index in [0.29, 0.717) is 48.9 Å². The number of nitrogens with zero attached hydrogens (tertiary/aromatic N) is 4. The quantitative estimate of drug-likeness (QED) is 0.107. The first kappa shape index (κ1) is 30.6. The van der Waals surface area contributed by atoms with Gasteiger partial charge in [-0.15, -0.1) is 0 Å². The number of nitrogen functional groups attached to an aromatic ring is 2. The minimum atomic E-state index is -1.68. The molecule has 13 nitrogen and oxygen atoms in total. The molecule has 14 heteroatoms. The zero-order valence-corrected chi connectivity index (χ0v) is 24.4. The molecular formula is C25H41N8O5P. The third-order valence-corrected chi connectivity index (χ3v) is 8.06.